The molecule has 104 valence electrons. The number of amides is 1. The normalized spacial score (nSPS) is 18.6. The van der Waals surface area contributed by atoms with Gasteiger partial charge in [0, 0.05) is 13.1 Å². The first-order valence-electron chi connectivity index (χ1n) is 6.35. The fraction of sp³-hybridized carbons (Fsp3) is 0.500. The van der Waals surface area contributed by atoms with Crippen molar-refractivity contribution >= 4 is 6.09 Å². The number of aryl methyl sites for hydroxylation is 2. The molecule has 5 heteroatoms. The zero-order valence-electron chi connectivity index (χ0n) is 11.6. The molecule has 1 aliphatic rings. The standard InChI is InChI=1S/C14H20N2O3/c1-9-4-11(5-10(2)13(9)18-3)7-16-8-12(6-15)19-14(16)17/h4-5,12H,6-8,15H2,1-3H3. The first kappa shape index (κ1) is 13.7. The molecule has 5 nitrogen and oxygen atoms in total. The van der Waals surface area contributed by atoms with E-state index in [1.54, 1.807) is 12.0 Å². The Bertz CT molecular complexity index is 465. The Balaban J connectivity index is 2.14. The third kappa shape index (κ3) is 2.81. The van der Waals surface area contributed by atoms with E-state index in [0.29, 0.717) is 19.6 Å². The molecule has 1 saturated heterocycles. The third-order valence-electron chi connectivity index (χ3n) is 3.31. The molecule has 2 rings (SSSR count). The minimum Gasteiger partial charge on any atom is -0.496 e. The van der Waals surface area contributed by atoms with E-state index in [9.17, 15) is 4.79 Å². The fourth-order valence-corrected chi connectivity index (χ4v) is 2.50. The molecule has 0 aliphatic carbocycles. The summed E-state index contributed by atoms with van der Waals surface area (Å²) in [4.78, 5) is 13.3. The first-order valence-corrected chi connectivity index (χ1v) is 6.35. The number of benzene rings is 1. The van der Waals surface area contributed by atoms with Gasteiger partial charge in [0.15, 0.2) is 0 Å². The van der Waals surface area contributed by atoms with E-state index in [-0.39, 0.29) is 12.2 Å². The Kier molecular flexibility index (Phi) is 3.95. The highest BCUT2D eigenvalue weighted by molar-refractivity contribution is 5.70. The third-order valence-corrected chi connectivity index (χ3v) is 3.31. The molecule has 0 bridgehead atoms. The van der Waals surface area contributed by atoms with Gasteiger partial charge in [-0.1, -0.05) is 12.1 Å². The second kappa shape index (κ2) is 5.48. The van der Waals surface area contributed by atoms with E-state index >= 15 is 0 Å². The minimum atomic E-state index is -0.290. The lowest BCUT2D eigenvalue weighted by atomic mass is 10.1. The molecule has 1 fully saturated rings. The van der Waals surface area contributed by atoms with E-state index in [1.165, 1.54) is 0 Å². The predicted molar refractivity (Wildman–Crippen MR) is 72.2 cm³/mol. The van der Waals surface area contributed by atoms with Crippen LogP contribution in [0.25, 0.3) is 0 Å². The van der Waals surface area contributed by atoms with Crippen LogP contribution in [-0.4, -0.2) is 37.3 Å². The predicted octanol–water partition coefficient (Wildman–Crippen LogP) is 1.59. The summed E-state index contributed by atoms with van der Waals surface area (Å²) >= 11 is 0. The molecule has 2 N–H and O–H groups in total. The van der Waals surface area contributed by atoms with Gasteiger partial charge in [-0.05, 0) is 30.5 Å². The van der Waals surface area contributed by atoms with Gasteiger partial charge < -0.3 is 20.1 Å². The number of hydrogen-bond acceptors (Lipinski definition) is 4. The zero-order chi connectivity index (χ0) is 14.0. The molecule has 1 amide bonds. The van der Waals surface area contributed by atoms with Crippen LogP contribution in [-0.2, 0) is 11.3 Å². The average Bonchev–Trinajstić information content (AvgIpc) is 2.70. The summed E-state index contributed by atoms with van der Waals surface area (Å²) in [6.07, 6.45) is -0.477. The Labute approximate surface area is 113 Å². The van der Waals surface area contributed by atoms with E-state index in [0.717, 1.165) is 22.4 Å². The van der Waals surface area contributed by atoms with Crippen LogP contribution in [0.1, 0.15) is 16.7 Å². The lowest BCUT2D eigenvalue weighted by Gasteiger charge is -2.16. The smallest absolute Gasteiger partial charge is 0.410 e. The van der Waals surface area contributed by atoms with Crippen LogP contribution >= 0.6 is 0 Å². The lowest BCUT2D eigenvalue weighted by molar-refractivity contribution is 0.134. The first-order chi connectivity index (χ1) is 9.05. The van der Waals surface area contributed by atoms with Gasteiger partial charge >= 0.3 is 6.09 Å². The lowest BCUT2D eigenvalue weighted by Crippen LogP contribution is -2.27. The molecule has 0 saturated carbocycles. The second-order valence-corrected chi connectivity index (χ2v) is 4.88. The molecule has 1 unspecified atom stereocenters. The van der Waals surface area contributed by atoms with Gasteiger partial charge in [-0.3, -0.25) is 0 Å². The van der Waals surface area contributed by atoms with Crippen molar-refractivity contribution < 1.29 is 14.3 Å². The molecule has 1 aliphatic heterocycles. The van der Waals surface area contributed by atoms with Crippen molar-refractivity contribution in [2.45, 2.75) is 26.5 Å². The highest BCUT2D eigenvalue weighted by Crippen LogP contribution is 2.25. The van der Waals surface area contributed by atoms with Gasteiger partial charge in [0.05, 0.1) is 13.7 Å². The Morgan fingerprint density at radius 2 is 2.05 bits per heavy atom. The van der Waals surface area contributed by atoms with Gasteiger partial charge in [0.25, 0.3) is 0 Å². The molecule has 1 aromatic rings. The number of nitrogens with two attached hydrogens (primary N) is 1. The number of methoxy groups -OCH3 is 1. The van der Waals surface area contributed by atoms with E-state index in [1.807, 2.05) is 26.0 Å². The van der Waals surface area contributed by atoms with Gasteiger partial charge in [-0.15, -0.1) is 0 Å². The maximum absolute atomic E-state index is 11.7. The molecule has 1 heterocycles. The van der Waals surface area contributed by atoms with Crippen LogP contribution in [0.5, 0.6) is 5.75 Å². The molecule has 1 atom stereocenters. The average molecular weight is 264 g/mol. The number of cyclic esters (lactones) is 1. The number of carbonyl (C=O) groups is 1. The summed E-state index contributed by atoms with van der Waals surface area (Å²) in [5.41, 5.74) is 8.73. The number of rotatable bonds is 4. The molecule has 0 aromatic heterocycles. The maximum Gasteiger partial charge on any atom is 0.410 e. The molecular formula is C14H20N2O3. The van der Waals surface area contributed by atoms with E-state index in [2.05, 4.69) is 0 Å². The summed E-state index contributed by atoms with van der Waals surface area (Å²) in [7, 11) is 1.67. The summed E-state index contributed by atoms with van der Waals surface area (Å²) in [5, 5.41) is 0. The van der Waals surface area contributed by atoms with Crippen LogP contribution in [0.3, 0.4) is 0 Å². The summed E-state index contributed by atoms with van der Waals surface area (Å²) in [5.74, 6) is 0.896. The Hall–Kier alpha value is -1.75. The van der Waals surface area contributed by atoms with Gasteiger partial charge in [-0.2, -0.15) is 0 Å². The number of nitrogens with zero attached hydrogens (tertiary/aromatic N) is 1. The van der Waals surface area contributed by atoms with Crippen molar-refractivity contribution in [1.29, 1.82) is 0 Å². The van der Waals surface area contributed by atoms with Crippen LogP contribution in [0.4, 0.5) is 4.79 Å². The Morgan fingerprint density at radius 1 is 1.42 bits per heavy atom. The SMILES string of the molecule is COc1c(C)cc(CN2CC(CN)OC2=O)cc1C. The van der Waals surface area contributed by atoms with Crippen molar-refractivity contribution in [3.05, 3.63) is 28.8 Å². The fourth-order valence-electron chi connectivity index (χ4n) is 2.50. The van der Waals surface area contributed by atoms with Gasteiger partial charge in [0.1, 0.15) is 11.9 Å². The molecule has 19 heavy (non-hydrogen) atoms. The van der Waals surface area contributed by atoms with Crippen molar-refractivity contribution in [2.24, 2.45) is 5.73 Å². The number of ether oxygens (including phenoxy) is 2. The molecular weight excluding hydrogens is 244 g/mol. The Morgan fingerprint density at radius 3 is 2.53 bits per heavy atom. The highest BCUT2D eigenvalue weighted by Gasteiger charge is 2.30. The topological polar surface area (TPSA) is 64.8 Å². The van der Waals surface area contributed by atoms with Gasteiger partial charge in [-0.25, -0.2) is 4.79 Å². The largest absolute Gasteiger partial charge is 0.496 e. The summed E-state index contributed by atoms with van der Waals surface area (Å²) in [6.45, 7) is 5.46. The molecule has 1 aromatic carbocycles. The highest BCUT2D eigenvalue weighted by atomic mass is 16.6. The summed E-state index contributed by atoms with van der Waals surface area (Å²) in [6, 6.07) is 4.07. The van der Waals surface area contributed by atoms with Crippen molar-refractivity contribution in [1.82, 2.24) is 4.90 Å². The van der Waals surface area contributed by atoms with Crippen LogP contribution in [0, 0.1) is 13.8 Å². The number of hydrogen-bond donors (Lipinski definition) is 1. The number of carbonyl (C=O) groups excluding carboxylic acids is 1. The minimum absolute atomic E-state index is 0.187. The molecule has 0 spiro atoms. The van der Waals surface area contributed by atoms with Crippen LogP contribution < -0.4 is 10.5 Å². The van der Waals surface area contributed by atoms with Crippen molar-refractivity contribution in [3.63, 3.8) is 0 Å². The maximum atomic E-state index is 11.7. The quantitative estimate of drug-likeness (QED) is 0.897. The second-order valence-electron chi connectivity index (χ2n) is 4.88. The molecule has 0 radical (unpaired) electrons. The van der Waals surface area contributed by atoms with Crippen LogP contribution in [0.2, 0.25) is 0 Å². The summed E-state index contributed by atoms with van der Waals surface area (Å²) < 4.78 is 10.5. The van der Waals surface area contributed by atoms with Crippen LogP contribution in [0.15, 0.2) is 12.1 Å². The zero-order valence-corrected chi connectivity index (χ0v) is 11.6. The van der Waals surface area contributed by atoms with Crippen molar-refractivity contribution in [2.75, 3.05) is 20.2 Å². The van der Waals surface area contributed by atoms with E-state index < -0.39 is 0 Å². The van der Waals surface area contributed by atoms with Crippen molar-refractivity contribution in [3.8, 4) is 5.75 Å². The van der Waals surface area contributed by atoms with E-state index in [4.69, 9.17) is 15.2 Å². The monoisotopic (exact) mass is 264 g/mol. The van der Waals surface area contributed by atoms with Gasteiger partial charge in [0.2, 0.25) is 0 Å².